The molecule has 0 saturated carbocycles. The van der Waals surface area contributed by atoms with Crippen molar-refractivity contribution in [2.75, 3.05) is 13.7 Å². The fourth-order valence-corrected chi connectivity index (χ4v) is 3.73. The number of hydrogen-bond donors (Lipinski definition) is 0. The molecule has 1 aliphatic carbocycles. The Hall–Kier alpha value is -2.64. The van der Waals surface area contributed by atoms with Gasteiger partial charge >= 0.3 is 6.09 Å². The second kappa shape index (κ2) is 6.02. The number of ether oxygens (including phenoxy) is 1. The Morgan fingerprint density at radius 2 is 2.28 bits per heavy atom. The van der Waals surface area contributed by atoms with Crippen LogP contribution in [0.2, 0.25) is 0 Å². The van der Waals surface area contributed by atoms with Gasteiger partial charge in [0.15, 0.2) is 5.82 Å². The number of carbonyl (C=O) groups is 1. The van der Waals surface area contributed by atoms with Crippen molar-refractivity contribution < 1.29 is 14.1 Å². The van der Waals surface area contributed by atoms with Crippen molar-refractivity contribution in [2.45, 2.75) is 31.2 Å². The van der Waals surface area contributed by atoms with Crippen LogP contribution in [0.3, 0.4) is 0 Å². The third-order valence-corrected chi connectivity index (χ3v) is 5.13. The van der Waals surface area contributed by atoms with Crippen LogP contribution in [0.5, 0.6) is 0 Å². The Balaban J connectivity index is 1.58. The highest BCUT2D eigenvalue weighted by Crippen LogP contribution is 2.40. The number of aromatic nitrogens is 4. The number of piperidine rings is 1. The topological polar surface area (TPSA) is 86.3 Å². The summed E-state index contributed by atoms with van der Waals surface area (Å²) >= 11 is 0. The molecule has 4 unspecified atom stereocenters. The molecule has 5 rings (SSSR count). The van der Waals surface area contributed by atoms with Crippen LogP contribution in [0.25, 0.3) is 0 Å². The summed E-state index contributed by atoms with van der Waals surface area (Å²) in [4.78, 5) is 18.4. The number of hydrogen-bond acceptors (Lipinski definition) is 6. The number of carbonyl (C=O) groups excluding carboxylic acids is 1. The van der Waals surface area contributed by atoms with Gasteiger partial charge in [0.1, 0.15) is 0 Å². The lowest BCUT2D eigenvalue weighted by atomic mass is 9.77. The normalized spacial score (nSPS) is 26.0. The Bertz CT molecular complexity index is 811. The second-order valence-electron chi connectivity index (χ2n) is 6.76. The molecular formula is C17H21N5O3. The van der Waals surface area contributed by atoms with Crippen LogP contribution < -0.4 is 0 Å². The smallest absolute Gasteiger partial charge is 0.410 e. The molecule has 8 nitrogen and oxygen atoms in total. The lowest BCUT2D eigenvalue weighted by Gasteiger charge is -2.44. The average Bonchev–Trinajstić information content (AvgIpc) is 3.30. The third-order valence-electron chi connectivity index (χ3n) is 5.13. The number of amides is 1. The van der Waals surface area contributed by atoms with E-state index in [4.69, 9.17) is 9.26 Å². The highest BCUT2D eigenvalue weighted by Gasteiger charge is 2.43. The SMILES string of the molecule is COC(=O)N1CC2C=CC1C(c1noc(C(C)c3cnn(C)c3)n1)C2. The standard InChI is InChI=1S/C17H21N5O3/c1-10(12-7-18-21(2)9-12)16-19-15(20-25-16)13-6-11-4-5-14(13)22(8-11)17(23)24-3/h4-5,7,9-11,13-14H,6,8H2,1-3H3. The monoisotopic (exact) mass is 343 g/mol. The first kappa shape index (κ1) is 15.9. The summed E-state index contributed by atoms with van der Waals surface area (Å²) in [5.41, 5.74) is 1.03. The van der Waals surface area contributed by atoms with E-state index in [1.807, 2.05) is 20.2 Å². The van der Waals surface area contributed by atoms with Gasteiger partial charge in [-0.05, 0) is 19.3 Å². The fraction of sp³-hybridized carbons (Fsp3) is 0.529. The predicted molar refractivity (Wildman–Crippen MR) is 87.9 cm³/mol. The number of nitrogens with zero attached hydrogens (tertiary/aromatic N) is 5. The summed E-state index contributed by atoms with van der Waals surface area (Å²) in [6.07, 6.45) is 8.57. The number of fused-ring (bicyclic) bond motifs is 2. The van der Waals surface area contributed by atoms with Crippen molar-refractivity contribution in [2.24, 2.45) is 13.0 Å². The highest BCUT2D eigenvalue weighted by molar-refractivity contribution is 5.69. The summed E-state index contributed by atoms with van der Waals surface area (Å²) in [5, 5.41) is 8.39. The highest BCUT2D eigenvalue weighted by atomic mass is 16.5. The lowest BCUT2D eigenvalue weighted by molar-refractivity contribution is 0.0755. The Morgan fingerprint density at radius 3 is 2.96 bits per heavy atom. The van der Waals surface area contributed by atoms with E-state index in [9.17, 15) is 4.79 Å². The molecule has 4 atom stereocenters. The molecule has 2 aliphatic heterocycles. The Morgan fingerprint density at radius 1 is 1.44 bits per heavy atom. The van der Waals surface area contributed by atoms with E-state index in [1.54, 1.807) is 15.8 Å². The lowest BCUT2D eigenvalue weighted by Crippen LogP contribution is -2.52. The quantitative estimate of drug-likeness (QED) is 0.793. The fourth-order valence-electron chi connectivity index (χ4n) is 3.73. The zero-order valence-corrected chi connectivity index (χ0v) is 14.5. The van der Waals surface area contributed by atoms with Gasteiger partial charge in [0.2, 0.25) is 5.89 Å². The summed E-state index contributed by atoms with van der Waals surface area (Å²) in [5.74, 6) is 1.52. The van der Waals surface area contributed by atoms with E-state index in [0.717, 1.165) is 12.0 Å². The maximum absolute atomic E-state index is 12.0. The molecule has 2 aromatic heterocycles. The summed E-state index contributed by atoms with van der Waals surface area (Å²) in [7, 11) is 3.29. The summed E-state index contributed by atoms with van der Waals surface area (Å²) < 4.78 is 12.2. The first-order chi connectivity index (χ1) is 12.1. The first-order valence-electron chi connectivity index (χ1n) is 8.41. The van der Waals surface area contributed by atoms with E-state index < -0.39 is 0 Å². The minimum absolute atomic E-state index is 0.0250. The maximum atomic E-state index is 12.0. The van der Waals surface area contributed by atoms with Gasteiger partial charge in [-0.15, -0.1) is 0 Å². The molecule has 0 aromatic carbocycles. The zero-order chi connectivity index (χ0) is 17.6. The van der Waals surface area contributed by atoms with E-state index in [0.29, 0.717) is 24.2 Å². The maximum Gasteiger partial charge on any atom is 0.410 e. The van der Waals surface area contributed by atoms with Crippen molar-refractivity contribution in [3.8, 4) is 0 Å². The molecule has 1 amide bonds. The Kier molecular flexibility index (Phi) is 3.82. The van der Waals surface area contributed by atoms with Crippen molar-refractivity contribution in [3.05, 3.63) is 41.8 Å². The zero-order valence-electron chi connectivity index (χ0n) is 14.5. The van der Waals surface area contributed by atoms with Crippen LogP contribution in [0.15, 0.2) is 29.1 Å². The molecule has 8 heteroatoms. The van der Waals surface area contributed by atoms with Gasteiger partial charge in [0, 0.05) is 31.3 Å². The van der Waals surface area contributed by atoms with Crippen molar-refractivity contribution in [1.82, 2.24) is 24.8 Å². The van der Waals surface area contributed by atoms with E-state index in [-0.39, 0.29) is 24.0 Å². The number of aryl methyl sites for hydroxylation is 1. The first-order valence-corrected chi connectivity index (χ1v) is 8.41. The van der Waals surface area contributed by atoms with Gasteiger partial charge < -0.3 is 14.2 Å². The largest absolute Gasteiger partial charge is 0.453 e. The molecule has 1 saturated heterocycles. The molecule has 2 bridgehead atoms. The average molecular weight is 343 g/mol. The molecule has 1 fully saturated rings. The predicted octanol–water partition coefficient (Wildman–Crippen LogP) is 2.07. The third kappa shape index (κ3) is 2.71. The van der Waals surface area contributed by atoms with Gasteiger partial charge in [-0.3, -0.25) is 4.68 Å². The molecule has 4 heterocycles. The molecule has 3 aliphatic rings. The summed E-state index contributed by atoms with van der Waals surface area (Å²) in [6, 6.07) is -0.0865. The minimum Gasteiger partial charge on any atom is -0.453 e. The van der Waals surface area contributed by atoms with Crippen molar-refractivity contribution in [3.63, 3.8) is 0 Å². The molecular weight excluding hydrogens is 322 g/mol. The van der Waals surface area contributed by atoms with Gasteiger partial charge in [0.05, 0.1) is 25.3 Å². The van der Waals surface area contributed by atoms with E-state index in [2.05, 4.69) is 27.4 Å². The minimum atomic E-state index is -0.309. The molecule has 132 valence electrons. The van der Waals surface area contributed by atoms with E-state index in [1.165, 1.54) is 7.11 Å². The van der Waals surface area contributed by atoms with E-state index >= 15 is 0 Å². The van der Waals surface area contributed by atoms with Crippen LogP contribution >= 0.6 is 0 Å². The van der Waals surface area contributed by atoms with Crippen LogP contribution in [-0.2, 0) is 11.8 Å². The molecule has 0 spiro atoms. The summed E-state index contributed by atoms with van der Waals surface area (Å²) in [6.45, 7) is 2.70. The van der Waals surface area contributed by atoms with Gasteiger partial charge in [-0.2, -0.15) is 10.1 Å². The molecule has 0 radical (unpaired) electrons. The van der Waals surface area contributed by atoms with Crippen LogP contribution in [0.1, 0.15) is 42.5 Å². The van der Waals surface area contributed by atoms with Crippen LogP contribution in [0, 0.1) is 5.92 Å². The molecule has 25 heavy (non-hydrogen) atoms. The molecule has 2 aromatic rings. The molecule has 0 N–H and O–H groups in total. The number of methoxy groups -OCH3 is 1. The van der Waals surface area contributed by atoms with Crippen LogP contribution in [-0.4, -0.2) is 50.6 Å². The van der Waals surface area contributed by atoms with Crippen molar-refractivity contribution in [1.29, 1.82) is 0 Å². The van der Waals surface area contributed by atoms with Gasteiger partial charge in [-0.1, -0.05) is 17.3 Å². The van der Waals surface area contributed by atoms with Crippen molar-refractivity contribution >= 4 is 6.09 Å². The van der Waals surface area contributed by atoms with Gasteiger partial charge in [0.25, 0.3) is 0 Å². The number of rotatable bonds is 3. The second-order valence-corrected chi connectivity index (χ2v) is 6.76. The van der Waals surface area contributed by atoms with Crippen LogP contribution in [0.4, 0.5) is 4.79 Å². The van der Waals surface area contributed by atoms with Gasteiger partial charge in [-0.25, -0.2) is 4.79 Å². The Labute approximate surface area is 145 Å².